The van der Waals surface area contributed by atoms with Gasteiger partial charge in [-0.3, -0.25) is 9.69 Å². The van der Waals surface area contributed by atoms with Gasteiger partial charge in [-0.25, -0.2) is 0 Å². The van der Waals surface area contributed by atoms with Gasteiger partial charge in [-0.1, -0.05) is 20.8 Å². The summed E-state index contributed by atoms with van der Waals surface area (Å²) in [5.41, 5.74) is 0. The Labute approximate surface area is 118 Å². The van der Waals surface area contributed by atoms with E-state index in [1.807, 2.05) is 6.92 Å². The van der Waals surface area contributed by atoms with Crippen molar-refractivity contribution in [2.75, 3.05) is 26.2 Å². The van der Waals surface area contributed by atoms with Crippen LogP contribution in [0.25, 0.3) is 0 Å². The Hall–Kier alpha value is -0.610. The van der Waals surface area contributed by atoms with Crippen molar-refractivity contribution in [1.29, 1.82) is 0 Å². The maximum Gasteiger partial charge on any atom is 0.237 e. The van der Waals surface area contributed by atoms with E-state index in [4.69, 9.17) is 0 Å². The Balaban J connectivity index is 2.45. The first-order chi connectivity index (χ1) is 9.04. The summed E-state index contributed by atoms with van der Waals surface area (Å²) in [6.07, 6.45) is 3.59. The molecule has 1 amide bonds. The molecule has 0 aromatic heterocycles. The molecule has 1 rings (SSSR count). The minimum Gasteiger partial charge on any atom is -0.354 e. The van der Waals surface area contributed by atoms with E-state index < -0.39 is 0 Å². The number of amides is 1. The highest BCUT2D eigenvalue weighted by Crippen LogP contribution is 2.10. The van der Waals surface area contributed by atoms with Crippen LogP contribution in [0.15, 0.2) is 0 Å². The van der Waals surface area contributed by atoms with Gasteiger partial charge < -0.3 is 10.6 Å². The van der Waals surface area contributed by atoms with Gasteiger partial charge in [0.2, 0.25) is 5.91 Å². The van der Waals surface area contributed by atoms with Crippen molar-refractivity contribution in [2.24, 2.45) is 5.92 Å². The molecule has 0 bridgehead atoms. The van der Waals surface area contributed by atoms with Crippen LogP contribution in [0.5, 0.6) is 0 Å². The molecule has 1 heterocycles. The average Bonchev–Trinajstić information content (AvgIpc) is 2.87. The van der Waals surface area contributed by atoms with Gasteiger partial charge in [0.15, 0.2) is 0 Å². The summed E-state index contributed by atoms with van der Waals surface area (Å²) < 4.78 is 0. The highest BCUT2D eigenvalue weighted by atomic mass is 16.2. The fourth-order valence-corrected chi connectivity index (χ4v) is 2.54. The molecular formula is C15H31N3O. The number of nitrogens with one attached hydrogen (secondary N) is 2. The topological polar surface area (TPSA) is 44.4 Å². The Morgan fingerprint density at radius 1 is 1.42 bits per heavy atom. The third-order valence-corrected chi connectivity index (χ3v) is 3.74. The van der Waals surface area contributed by atoms with Crippen molar-refractivity contribution >= 4 is 5.91 Å². The minimum atomic E-state index is -0.0268. The molecule has 2 atom stereocenters. The highest BCUT2D eigenvalue weighted by Gasteiger charge is 2.24. The van der Waals surface area contributed by atoms with E-state index in [0.29, 0.717) is 12.0 Å². The van der Waals surface area contributed by atoms with Gasteiger partial charge in [-0.2, -0.15) is 0 Å². The summed E-state index contributed by atoms with van der Waals surface area (Å²) in [4.78, 5) is 14.5. The fourth-order valence-electron chi connectivity index (χ4n) is 2.54. The van der Waals surface area contributed by atoms with Crippen molar-refractivity contribution in [3.63, 3.8) is 0 Å². The molecule has 0 aromatic rings. The molecule has 1 aliphatic heterocycles. The second kappa shape index (κ2) is 8.54. The maximum atomic E-state index is 12.2. The van der Waals surface area contributed by atoms with Gasteiger partial charge >= 0.3 is 0 Å². The van der Waals surface area contributed by atoms with Gasteiger partial charge in [0.25, 0.3) is 0 Å². The number of carbonyl (C=O) groups is 1. The van der Waals surface area contributed by atoms with Gasteiger partial charge in [-0.15, -0.1) is 0 Å². The molecule has 2 N–H and O–H groups in total. The van der Waals surface area contributed by atoms with Crippen molar-refractivity contribution in [3.05, 3.63) is 0 Å². The smallest absolute Gasteiger partial charge is 0.237 e. The third-order valence-electron chi connectivity index (χ3n) is 3.74. The first-order valence-corrected chi connectivity index (χ1v) is 7.79. The van der Waals surface area contributed by atoms with E-state index in [9.17, 15) is 4.79 Å². The van der Waals surface area contributed by atoms with Crippen LogP contribution in [0.4, 0.5) is 0 Å². The monoisotopic (exact) mass is 269 g/mol. The first kappa shape index (κ1) is 16.4. The summed E-state index contributed by atoms with van der Waals surface area (Å²) in [6, 6.07) is 0.535. The predicted molar refractivity (Wildman–Crippen MR) is 80.2 cm³/mol. The van der Waals surface area contributed by atoms with E-state index >= 15 is 0 Å². The van der Waals surface area contributed by atoms with E-state index in [1.165, 1.54) is 12.8 Å². The standard InChI is InChI=1S/C15H31N3O/c1-5-9-18(11-14-7-6-8-16-14)13(4)15(19)17-10-12(2)3/h12-14,16H,5-11H2,1-4H3,(H,17,19). The summed E-state index contributed by atoms with van der Waals surface area (Å²) in [5, 5.41) is 6.56. The van der Waals surface area contributed by atoms with Crippen LogP contribution in [-0.2, 0) is 4.79 Å². The van der Waals surface area contributed by atoms with Crippen molar-refractivity contribution in [3.8, 4) is 0 Å². The third kappa shape index (κ3) is 5.91. The van der Waals surface area contributed by atoms with Crippen LogP contribution in [0, 0.1) is 5.92 Å². The number of hydrogen-bond donors (Lipinski definition) is 2. The van der Waals surface area contributed by atoms with Crippen LogP contribution in [0.1, 0.15) is 47.0 Å². The molecule has 1 aliphatic rings. The summed E-state index contributed by atoms with van der Waals surface area (Å²) in [6.45, 7) is 12.3. The van der Waals surface area contributed by atoms with Gasteiger partial charge in [0.1, 0.15) is 0 Å². The predicted octanol–water partition coefficient (Wildman–Crippen LogP) is 1.61. The lowest BCUT2D eigenvalue weighted by atomic mass is 10.1. The molecule has 112 valence electrons. The van der Waals surface area contributed by atoms with Crippen LogP contribution < -0.4 is 10.6 Å². The quantitative estimate of drug-likeness (QED) is 0.704. The summed E-state index contributed by atoms with van der Waals surface area (Å²) in [7, 11) is 0. The molecule has 4 heteroatoms. The van der Waals surface area contributed by atoms with E-state index in [-0.39, 0.29) is 11.9 Å². The SMILES string of the molecule is CCCN(CC1CCCN1)C(C)C(=O)NCC(C)C. The maximum absolute atomic E-state index is 12.2. The summed E-state index contributed by atoms with van der Waals surface area (Å²) >= 11 is 0. The molecule has 0 aromatic carbocycles. The molecule has 1 fully saturated rings. The Bertz CT molecular complexity index is 262. The molecule has 4 nitrogen and oxygen atoms in total. The van der Waals surface area contributed by atoms with Gasteiger partial charge in [0, 0.05) is 19.1 Å². The molecule has 2 unspecified atom stereocenters. The van der Waals surface area contributed by atoms with E-state index in [2.05, 4.69) is 36.3 Å². The van der Waals surface area contributed by atoms with Crippen LogP contribution in [-0.4, -0.2) is 49.1 Å². The first-order valence-electron chi connectivity index (χ1n) is 7.79. The number of hydrogen-bond acceptors (Lipinski definition) is 3. The zero-order valence-electron chi connectivity index (χ0n) is 13.0. The Morgan fingerprint density at radius 3 is 2.68 bits per heavy atom. The van der Waals surface area contributed by atoms with E-state index in [0.717, 1.165) is 32.6 Å². The minimum absolute atomic E-state index is 0.0268. The number of carbonyl (C=O) groups excluding carboxylic acids is 1. The largest absolute Gasteiger partial charge is 0.354 e. The van der Waals surface area contributed by atoms with Crippen molar-refractivity contribution in [1.82, 2.24) is 15.5 Å². The zero-order chi connectivity index (χ0) is 14.3. The average molecular weight is 269 g/mol. The van der Waals surface area contributed by atoms with Gasteiger partial charge in [0.05, 0.1) is 6.04 Å². The number of nitrogens with zero attached hydrogens (tertiary/aromatic N) is 1. The normalized spacial score (nSPS) is 21.1. The second-order valence-electron chi connectivity index (χ2n) is 6.10. The van der Waals surface area contributed by atoms with Crippen LogP contribution in [0.3, 0.4) is 0 Å². The van der Waals surface area contributed by atoms with Gasteiger partial charge in [-0.05, 0) is 45.2 Å². The lowest BCUT2D eigenvalue weighted by Crippen LogP contribution is -2.50. The molecule has 0 radical (unpaired) electrons. The number of rotatable bonds is 8. The van der Waals surface area contributed by atoms with Crippen LogP contribution >= 0.6 is 0 Å². The highest BCUT2D eigenvalue weighted by molar-refractivity contribution is 5.81. The Kier molecular flexibility index (Phi) is 7.39. The lowest BCUT2D eigenvalue weighted by molar-refractivity contribution is -0.126. The molecule has 0 spiro atoms. The van der Waals surface area contributed by atoms with Crippen molar-refractivity contribution < 1.29 is 4.79 Å². The fraction of sp³-hybridized carbons (Fsp3) is 0.933. The molecule has 1 saturated heterocycles. The van der Waals surface area contributed by atoms with E-state index in [1.54, 1.807) is 0 Å². The summed E-state index contributed by atoms with van der Waals surface area (Å²) in [5.74, 6) is 0.674. The lowest BCUT2D eigenvalue weighted by Gasteiger charge is -2.30. The van der Waals surface area contributed by atoms with Crippen LogP contribution in [0.2, 0.25) is 0 Å². The molecular weight excluding hydrogens is 238 g/mol. The molecule has 0 saturated carbocycles. The Morgan fingerprint density at radius 2 is 2.16 bits per heavy atom. The molecule has 19 heavy (non-hydrogen) atoms. The molecule has 0 aliphatic carbocycles. The second-order valence-corrected chi connectivity index (χ2v) is 6.10. The zero-order valence-corrected chi connectivity index (χ0v) is 13.0. The van der Waals surface area contributed by atoms with Crippen molar-refractivity contribution in [2.45, 2.75) is 59.0 Å².